The molecule has 4 heteroatoms. The van der Waals surface area contributed by atoms with Crippen LogP contribution < -0.4 is 0 Å². The van der Waals surface area contributed by atoms with Crippen molar-refractivity contribution in [2.45, 2.75) is 20.3 Å². The zero-order valence-corrected chi connectivity index (χ0v) is 10.6. The van der Waals surface area contributed by atoms with E-state index in [-0.39, 0.29) is 12.4 Å². The van der Waals surface area contributed by atoms with Crippen LogP contribution in [0.2, 0.25) is 5.02 Å². The molecule has 0 unspecified atom stereocenters. The van der Waals surface area contributed by atoms with Crippen LogP contribution in [0.15, 0.2) is 18.3 Å². The van der Waals surface area contributed by atoms with E-state index in [9.17, 15) is 4.79 Å². The smallest absolute Gasteiger partial charge is 0.310 e. The lowest BCUT2D eigenvalue weighted by molar-refractivity contribution is -0.142. The monoisotopic (exact) mass is 251 g/mol. The van der Waals surface area contributed by atoms with Crippen molar-refractivity contribution >= 4 is 28.5 Å². The Morgan fingerprint density at radius 3 is 2.94 bits per heavy atom. The number of fused-ring (bicyclic) bond motifs is 1. The van der Waals surface area contributed by atoms with Gasteiger partial charge >= 0.3 is 5.97 Å². The normalized spacial score (nSPS) is 10.8. The molecule has 0 aliphatic rings. The van der Waals surface area contributed by atoms with Gasteiger partial charge in [-0.2, -0.15) is 0 Å². The number of ether oxygens (including phenoxy) is 1. The van der Waals surface area contributed by atoms with Crippen LogP contribution >= 0.6 is 11.6 Å². The first-order chi connectivity index (χ1) is 8.13. The average Bonchev–Trinajstić information content (AvgIpc) is 2.68. The summed E-state index contributed by atoms with van der Waals surface area (Å²) in [6.07, 6.45) is 2.12. The van der Waals surface area contributed by atoms with Gasteiger partial charge in [-0.1, -0.05) is 17.7 Å². The maximum atomic E-state index is 11.4. The first kappa shape index (κ1) is 12.0. The highest BCUT2D eigenvalue weighted by molar-refractivity contribution is 6.32. The summed E-state index contributed by atoms with van der Waals surface area (Å²) in [5.41, 5.74) is 2.93. The number of nitrogens with one attached hydrogen (secondary N) is 1. The third kappa shape index (κ3) is 2.29. The fourth-order valence-electron chi connectivity index (χ4n) is 1.89. The van der Waals surface area contributed by atoms with E-state index in [1.54, 1.807) is 6.92 Å². The number of halogens is 1. The lowest BCUT2D eigenvalue weighted by Crippen LogP contribution is -2.06. The summed E-state index contributed by atoms with van der Waals surface area (Å²) in [6.45, 7) is 4.17. The third-order valence-corrected chi connectivity index (χ3v) is 3.19. The minimum Gasteiger partial charge on any atom is -0.466 e. The van der Waals surface area contributed by atoms with Crippen LogP contribution in [0.4, 0.5) is 0 Å². The Labute approximate surface area is 105 Å². The number of rotatable bonds is 3. The van der Waals surface area contributed by atoms with Crippen LogP contribution in [0.3, 0.4) is 0 Å². The van der Waals surface area contributed by atoms with Gasteiger partial charge in [-0.25, -0.2) is 0 Å². The highest BCUT2D eigenvalue weighted by Crippen LogP contribution is 2.27. The summed E-state index contributed by atoms with van der Waals surface area (Å²) in [5.74, 6) is -0.207. The van der Waals surface area contributed by atoms with Crippen molar-refractivity contribution in [3.8, 4) is 0 Å². The number of aromatic nitrogens is 1. The number of carbonyl (C=O) groups is 1. The van der Waals surface area contributed by atoms with Crippen LogP contribution in [-0.4, -0.2) is 17.6 Å². The Bertz CT molecular complexity index is 560. The van der Waals surface area contributed by atoms with Gasteiger partial charge in [0.2, 0.25) is 0 Å². The number of benzene rings is 1. The van der Waals surface area contributed by atoms with Crippen molar-refractivity contribution in [2.24, 2.45) is 0 Å². The standard InChI is InChI=1S/C13H14ClNO2/c1-3-17-12(16)6-9-7-15-13-8(2)11(14)5-4-10(9)13/h4-5,7,15H,3,6H2,1-2H3. The van der Waals surface area contributed by atoms with Crippen LogP contribution in [-0.2, 0) is 16.0 Å². The van der Waals surface area contributed by atoms with Gasteiger partial charge in [0.05, 0.1) is 18.5 Å². The average molecular weight is 252 g/mol. The molecule has 0 atom stereocenters. The summed E-state index contributed by atoms with van der Waals surface area (Å²) in [7, 11) is 0. The van der Waals surface area contributed by atoms with Gasteiger partial charge in [0.15, 0.2) is 0 Å². The summed E-state index contributed by atoms with van der Waals surface area (Å²) >= 11 is 6.04. The predicted octanol–water partition coefficient (Wildman–Crippen LogP) is 3.24. The molecule has 0 aliphatic heterocycles. The van der Waals surface area contributed by atoms with E-state index >= 15 is 0 Å². The van der Waals surface area contributed by atoms with E-state index in [2.05, 4.69) is 4.98 Å². The van der Waals surface area contributed by atoms with Gasteiger partial charge in [0.25, 0.3) is 0 Å². The van der Waals surface area contributed by atoms with Crippen LogP contribution in [0.25, 0.3) is 10.9 Å². The molecule has 0 radical (unpaired) electrons. The number of H-pyrrole nitrogens is 1. The molecule has 0 fully saturated rings. The molecule has 1 N–H and O–H groups in total. The third-order valence-electron chi connectivity index (χ3n) is 2.78. The molecule has 90 valence electrons. The van der Waals surface area contributed by atoms with Crippen LogP contribution in [0.1, 0.15) is 18.1 Å². The molecule has 0 saturated carbocycles. The van der Waals surface area contributed by atoms with E-state index in [0.717, 1.165) is 27.1 Å². The summed E-state index contributed by atoms with van der Waals surface area (Å²) in [6, 6.07) is 3.78. The number of aryl methyl sites for hydroxylation is 1. The van der Waals surface area contributed by atoms with Gasteiger partial charge in [-0.05, 0) is 31.0 Å². The molecule has 1 aromatic heterocycles. The number of aromatic amines is 1. The highest BCUT2D eigenvalue weighted by atomic mass is 35.5. The van der Waals surface area contributed by atoms with Gasteiger partial charge in [0, 0.05) is 16.6 Å². The number of esters is 1. The molecule has 0 aliphatic carbocycles. The van der Waals surface area contributed by atoms with Crippen molar-refractivity contribution < 1.29 is 9.53 Å². The van der Waals surface area contributed by atoms with E-state index < -0.39 is 0 Å². The maximum Gasteiger partial charge on any atom is 0.310 e. The topological polar surface area (TPSA) is 42.1 Å². The second-order valence-electron chi connectivity index (χ2n) is 3.89. The Hall–Kier alpha value is -1.48. The quantitative estimate of drug-likeness (QED) is 0.851. The first-order valence-corrected chi connectivity index (χ1v) is 5.92. The molecule has 3 nitrogen and oxygen atoms in total. The Morgan fingerprint density at radius 2 is 2.24 bits per heavy atom. The fraction of sp³-hybridized carbons (Fsp3) is 0.308. The minimum absolute atomic E-state index is 0.207. The fourth-order valence-corrected chi connectivity index (χ4v) is 2.05. The summed E-state index contributed by atoms with van der Waals surface area (Å²) in [4.78, 5) is 14.6. The summed E-state index contributed by atoms with van der Waals surface area (Å²) < 4.78 is 4.94. The lowest BCUT2D eigenvalue weighted by Gasteiger charge is -2.02. The van der Waals surface area contributed by atoms with Crippen molar-refractivity contribution in [3.63, 3.8) is 0 Å². The number of hydrogen-bond donors (Lipinski definition) is 1. The zero-order valence-electron chi connectivity index (χ0n) is 9.84. The van der Waals surface area contributed by atoms with Gasteiger partial charge in [-0.3, -0.25) is 4.79 Å². The summed E-state index contributed by atoms with van der Waals surface area (Å²) in [5, 5.41) is 1.75. The Balaban J connectivity index is 2.37. The van der Waals surface area contributed by atoms with Gasteiger partial charge < -0.3 is 9.72 Å². The van der Waals surface area contributed by atoms with Crippen LogP contribution in [0.5, 0.6) is 0 Å². The highest BCUT2D eigenvalue weighted by Gasteiger charge is 2.11. The second-order valence-corrected chi connectivity index (χ2v) is 4.30. The largest absolute Gasteiger partial charge is 0.466 e. The molecule has 0 bridgehead atoms. The molecule has 0 spiro atoms. The van der Waals surface area contributed by atoms with Crippen LogP contribution in [0, 0.1) is 6.92 Å². The van der Waals surface area contributed by atoms with Gasteiger partial charge in [0.1, 0.15) is 0 Å². The molecular formula is C13H14ClNO2. The number of carbonyl (C=O) groups excluding carboxylic acids is 1. The van der Waals surface area contributed by atoms with Crippen molar-refractivity contribution in [1.82, 2.24) is 4.98 Å². The lowest BCUT2D eigenvalue weighted by atomic mass is 10.1. The number of hydrogen-bond acceptors (Lipinski definition) is 2. The van der Waals surface area contributed by atoms with E-state index in [4.69, 9.17) is 16.3 Å². The molecule has 1 aromatic carbocycles. The molecule has 0 saturated heterocycles. The second kappa shape index (κ2) is 4.80. The zero-order chi connectivity index (χ0) is 12.4. The Morgan fingerprint density at radius 1 is 1.47 bits per heavy atom. The molecular weight excluding hydrogens is 238 g/mol. The van der Waals surface area contributed by atoms with Crippen molar-refractivity contribution in [2.75, 3.05) is 6.61 Å². The molecule has 2 aromatic rings. The van der Waals surface area contributed by atoms with Crippen molar-refractivity contribution in [1.29, 1.82) is 0 Å². The predicted molar refractivity (Wildman–Crippen MR) is 68.4 cm³/mol. The maximum absolute atomic E-state index is 11.4. The minimum atomic E-state index is -0.207. The van der Waals surface area contributed by atoms with E-state index in [1.807, 2.05) is 25.3 Å². The molecule has 1 heterocycles. The Kier molecular flexibility index (Phi) is 3.38. The molecule has 2 rings (SSSR count). The van der Waals surface area contributed by atoms with Crippen molar-refractivity contribution in [3.05, 3.63) is 34.5 Å². The van der Waals surface area contributed by atoms with Gasteiger partial charge in [-0.15, -0.1) is 0 Å². The molecule has 17 heavy (non-hydrogen) atoms. The van der Waals surface area contributed by atoms with E-state index in [1.165, 1.54) is 0 Å². The molecule has 0 amide bonds. The first-order valence-electron chi connectivity index (χ1n) is 5.54. The van der Waals surface area contributed by atoms with E-state index in [0.29, 0.717) is 6.61 Å². The SMILES string of the molecule is CCOC(=O)Cc1c[nH]c2c(C)c(Cl)ccc12.